The van der Waals surface area contributed by atoms with Crippen LogP contribution in [0, 0.1) is 0 Å². The van der Waals surface area contributed by atoms with Gasteiger partial charge in [-0.2, -0.15) is 4.98 Å². The molecule has 31 heavy (non-hydrogen) atoms. The van der Waals surface area contributed by atoms with E-state index in [1.165, 1.54) is 6.26 Å². The molecule has 0 aliphatic heterocycles. The molecule has 0 radical (unpaired) electrons. The molecule has 1 aromatic carbocycles. The highest BCUT2D eigenvalue weighted by atomic mass is 16.5. The molecule has 0 atom stereocenters. The largest absolute Gasteiger partial charge is 0.462 e. The molecule has 9 heteroatoms. The van der Waals surface area contributed by atoms with Crippen LogP contribution in [0.1, 0.15) is 33.2 Å². The lowest BCUT2D eigenvalue weighted by molar-refractivity contribution is 0.0498. The van der Waals surface area contributed by atoms with Crippen LogP contribution in [-0.4, -0.2) is 33.6 Å². The molecule has 4 aromatic rings. The number of benzene rings is 1. The molecule has 0 bridgehead atoms. The average Bonchev–Trinajstić information content (AvgIpc) is 3.50. The number of carbonyl (C=O) groups is 2. The third kappa shape index (κ3) is 5.21. The van der Waals surface area contributed by atoms with Crippen molar-refractivity contribution >= 4 is 17.6 Å². The fourth-order valence-electron chi connectivity index (χ4n) is 2.73. The number of hydrogen-bond donors (Lipinski definition) is 1. The van der Waals surface area contributed by atoms with E-state index in [0.717, 1.165) is 5.56 Å². The van der Waals surface area contributed by atoms with Crippen molar-refractivity contribution in [3.05, 3.63) is 84.4 Å². The van der Waals surface area contributed by atoms with Gasteiger partial charge in [0.15, 0.2) is 5.76 Å². The second-order valence-electron chi connectivity index (χ2n) is 6.50. The molecule has 0 saturated carbocycles. The maximum atomic E-state index is 12.2. The van der Waals surface area contributed by atoms with Gasteiger partial charge in [-0.15, -0.1) is 0 Å². The minimum Gasteiger partial charge on any atom is -0.462 e. The minimum absolute atomic E-state index is 0.206. The lowest BCUT2D eigenvalue weighted by atomic mass is 10.2. The molecule has 0 spiro atoms. The Morgan fingerprint density at radius 2 is 1.94 bits per heavy atom. The number of anilines is 1. The Labute approximate surface area is 177 Å². The van der Waals surface area contributed by atoms with Gasteiger partial charge in [-0.3, -0.25) is 9.78 Å². The van der Waals surface area contributed by atoms with Gasteiger partial charge in [0.25, 0.3) is 5.91 Å². The molecular formula is C22H18N4O5. The summed E-state index contributed by atoms with van der Waals surface area (Å²) >= 11 is 0. The Kier molecular flexibility index (Phi) is 6.13. The number of ether oxygens (including phenoxy) is 1. The number of nitrogens with zero attached hydrogens (tertiary/aromatic N) is 3. The molecule has 4 rings (SSSR count). The summed E-state index contributed by atoms with van der Waals surface area (Å²) in [7, 11) is 0. The Balaban J connectivity index is 1.22. The highest BCUT2D eigenvalue weighted by molar-refractivity contribution is 6.02. The second-order valence-corrected chi connectivity index (χ2v) is 6.50. The van der Waals surface area contributed by atoms with Crippen LogP contribution in [0.3, 0.4) is 0 Å². The summed E-state index contributed by atoms with van der Waals surface area (Å²) in [6.07, 6.45) is 5.77. The van der Waals surface area contributed by atoms with Gasteiger partial charge in [-0.1, -0.05) is 5.16 Å². The molecular weight excluding hydrogens is 400 g/mol. The van der Waals surface area contributed by atoms with Crippen LogP contribution < -0.4 is 5.32 Å². The number of aryl methyl sites for hydroxylation is 1. The summed E-state index contributed by atoms with van der Waals surface area (Å²) < 4.78 is 15.5. The molecule has 156 valence electrons. The Morgan fingerprint density at radius 3 is 2.68 bits per heavy atom. The monoisotopic (exact) mass is 418 g/mol. The number of rotatable bonds is 8. The van der Waals surface area contributed by atoms with Gasteiger partial charge < -0.3 is 19.0 Å². The summed E-state index contributed by atoms with van der Waals surface area (Å²) in [5, 5.41) is 6.61. The van der Waals surface area contributed by atoms with Crippen molar-refractivity contribution < 1.29 is 23.3 Å². The van der Waals surface area contributed by atoms with Gasteiger partial charge in [0, 0.05) is 30.1 Å². The van der Waals surface area contributed by atoms with E-state index in [1.807, 2.05) is 6.07 Å². The molecule has 0 aliphatic carbocycles. The maximum Gasteiger partial charge on any atom is 0.338 e. The SMILES string of the molecule is O=C(OCCCc1nc(-c2cccnc2)no1)c1ccc(NC(=O)c2ccco2)cc1. The van der Waals surface area contributed by atoms with E-state index < -0.39 is 5.97 Å². The van der Waals surface area contributed by atoms with E-state index >= 15 is 0 Å². The molecule has 1 amide bonds. The Bertz CT molecular complexity index is 1140. The van der Waals surface area contributed by atoms with E-state index in [0.29, 0.717) is 35.8 Å². The molecule has 9 nitrogen and oxygen atoms in total. The lowest BCUT2D eigenvalue weighted by Gasteiger charge is -2.06. The first kappa shape index (κ1) is 20.0. The third-order valence-corrected chi connectivity index (χ3v) is 4.28. The van der Waals surface area contributed by atoms with E-state index in [1.54, 1.807) is 54.9 Å². The smallest absolute Gasteiger partial charge is 0.338 e. The first-order chi connectivity index (χ1) is 15.2. The lowest BCUT2D eigenvalue weighted by Crippen LogP contribution is -2.11. The van der Waals surface area contributed by atoms with Crippen LogP contribution in [0.15, 0.2) is 76.1 Å². The summed E-state index contributed by atoms with van der Waals surface area (Å²) in [5.74, 6) is 0.321. The third-order valence-electron chi connectivity index (χ3n) is 4.28. The second kappa shape index (κ2) is 9.49. The standard InChI is InChI=1S/C22H18N4O5/c27-21(18-5-2-12-29-18)24-17-9-7-15(8-10-17)22(28)30-13-3-6-19-25-20(26-31-19)16-4-1-11-23-14-16/h1-2,4-5,7-12,14H,3,6,13H2,(H,24,27). The molecule has 3 heterocycles. The minimum atomic E-state index is -0.453. The van der Waals surface area contributed by atoms with Gasteiger partial charge in [-0.25, -0.2) is 4.79 Å². The van der Waals surface area contributed by atoms with Crippen LogP contribution >= 0.6 is 0 Å². The van der Waals surface area contributed by atoms with Gasteiger partial charge in [-0.05, 0) is 55.0 Å². The van der Waals surface area contributed by atoms with Gasteiger partial charge in [0.1, 0.15) is 0 Å². The quantitative estimate of drug-likeness (QED) is 0.339. The Hall–Kier alpha value is -4.27. The Morgan fingerprint density at radius 1 is 1.06 bits per heavy atom. The summed E-state index contributed by atoms with van der Waals surface area (Å²) in [6, 6.07) is 13.2. The number of nitrogens with one attached hydrogen (secondary N) is 1. The zero-order valence-electron chi connectivity index (χ0n) is 16.4. The van der Waals surface area contributed by atoms with Crippen molar-refractivity contribution in [2.75, 3.05) is 11.9 Å². The predicted octanol–water partition coefficient (Wildman–Crippen LogP) is 3.77. The van der Waals surface area contributed by atoms with Crippen LogP contribution in [0.25, 0.3) is 11.4 Å². The van der Waals surface area contributed by atoms with Crippen molar-refractivity contribution in [1.29, 1.82) is 0 Å². The molecule has 0 fully saturated rings. The van der Waals surface area contributed by atoms with Gasteiger partial charge >= 0.3 is 5.97 Å². The first-order valence-corrected chi connectivity index (χ1v) is 9.54. The van der Waals surface area contributed by atoms with Crippen LogP contribution in [0.4, 0.5) is 5.69 Å². The van der Waals surface area contributed by atoms with E-state index in [4.69, 9.17) is 13.7 Å². The zero-order valence-corrected chi connectivity index (χ0v) is 16.4. The number of esters is 1. The van der Waals surface area contributed by atoms with Crippen molar-refractivity contribution in [3.63, 3.8) is 0 Å². The summed E-state index contributed by atoms with van der Waals surface area (Å²) in [4.78, 5) is 32.5. The van der Waals surface area contributed by atoms with Gasteiger partial charge in [0.05, 0.1) is 18.4 Å². The number of amides is 1. The summed E-state index contributed by atoms with van der Waals surface area (Å²) in [5.41, 5.74) is 1.69. The fraction of sp³-hybridized carbons (Fsp3) is 0.136. The number of aromatic nitrogens is 3. The summed E-state index contributed by atoms with van der Waals surface area (Å²) in [6.45, 7) is 0.209. The normalized spacial score (nSPS) is 10.6. The van der Waals surface area contributed by atoms with Gasteiger partial charge in [0.2, 0.25) is 11.7 Å². The van der Waals surface area contributed by atoms with Crippen LogP contribution in [-0.2, 0) is 11.2 Å². The number of furan rings is 1. The number of carbonyl (C=O) groups excluding carboxylic acids is 2. The molecule has 0 saturated heterocycles. The van der Waals surface area contributed by atoms with Crippen LogP contribution in [0.2, 0.25) is 0 Å². The zero-order chi connectivity index (χ0) is 21.5. The van der Waals surface area contributed by atoms with E-state index in [-0.39, 0.29) is 18.3 Å². The molecule has 1 N–H and O–H groups in total. The average molecular weight is 418 g/mol. The highest BCUT2D eigenvalue weighted by Gasteiger charge is 2.12. The molecule has 0 aliphatic rings. The van der Waals surface area contributed by atoms with Crippen molar-refractivity contribution in [3.8, 4) is 11.4 Å². The van der Waals surface area contributed by atoms with Crippen molar-refractivity contribution in [1.82, 2.24) is 15.1 Å². The first-order valence-electron chi connectivity index (χ1n) is 9.54. The maximum absolute atomic E-state index is 12.2. The fourth-order valence-corrected chi connectivity index (χ4v) is 2.73. The van der Waals surface area contributed by atoms with Crippen molar-refractivity contribution in [2.24, 2.45) is 0 Å². The van der Waals surface area contributed by atoms with Crippen molar-refractivity contribution in [2.45, 2.75) is 12.8 Å². The molecule has 0 unspecified atom stereocenters. The number of hydrogen-bond acceptors (Lipinski definition) is 8. The topological polar surface area (TPSA) is 120 Å². The van der Waals surface area contributed by atoms with E-state index in [2.05, 4.69) is 20.4 Å². The predicted molar refractivity (Wildman–Crippen MR) is 109 cm³/mol. The molecule has 3 aromatic heterocycles. The highest BCUT2D eigenvalue weighted by Crippen LogP contribution is 2.15. The number of pyridine rings is 1. The van der Waals surface area contributed by atoms with E-state index in [9.17, 15) is 9.59 Å². The van der Waals surface area contributed by atoms with Crippen LogP contribution in [0.5, 0.6) is 0 Å².